The van der Waals surface area contributed by atoms with E-state index >= 15 is 0 Å². The molecule has 3 nitrogen and oxygen atoms in total. The molecule has 1 heterocycles. The maximum Gasteiger partial charge on any atom is 0.417 e. The van der Waals surface area contributed by atoms with Gasteiger partial charge in [-0.1, -0.05) is 30.3 Å². The summed E-state index contributed by atoms with van der Waals surface area (Å²) in [5.74, 6) is 0.304. The molecule has 1 aromatic carbocycles. The predicted molar refractivity (Wildman–Crippen MR) is 73.9 cm³/mol. The molecule has 2 rings (SSSR count). The third-order valence-electron chi connectivity index (χ3n) is 2.99. The maximum absolute atomic E-state index is 12.4. The molecule has 2 aromatic rings. The molecule has 0 saturated heterocycles. The van der Waals surface area contributed by atoms with Gasteiger partial charge in [-0.15, -0.1) is 0 Å². The summed E-state index contributed by atoms with van der Waals surface area (Å²) in [7, 11) is 0. The zero-order valence-electron chi connectivity index (χ0n) is 11.1. The van der Waals surface area contributed by atoms with Crippen LogP contribution in [0.4, 0.5) is 19.0 Å². The van der Waals surface area contributed by atoms with E-state index in [0.717, 1.165) is 17.8 Å². The van der Waals surface area contributed by atoms with E-state index in [-0.39, 0.29) is 12.6 Å². The van der Waals surface area contributed by atoms with Gasteiger partial charge in [0.2, 0.25) is 0 Å². The lowest BCUT2D eigenvalue weighted by atomic mass is 10.1. The summed E-state index contributed by atoms with van der Waals surface area (Å²) in [6.45, 7) is -0.141. The number of aliphatic hydroxyl groups is 1. The van der Waals surface area contributed by atoms with Gasteiger partial charge in [0.25, 0.3) is 0 Å². The molecule has 1 atom stereocenters. The lowest BCUT2D eigenvalue weighted by Crippen LogP contribution is -2.26. The molecule has 0 fully saturated rings. The standard InChI is InChI=1S/C15H15F3N2O/c16-15(17,18)12-6-7-14(19-9-12)20-13(10-21)8-11-4-2-1-3-5-11/h1-7,9,13,21H,8,10H2,(H,19,20). The zero-order chi connectivity index (χ0) is 15.3. The van der Waals surface area contributed by atoms with Gasteiger partial charge < -0.3 is 10.4 Å². The van der Waals surface area contributed by atoms with Crippen molar-refractivity contribution >= 4 is 5.82 Å². The summed E-state index contributed by atoms with van der Waals surface area (Å²) in [6, 6.07) is 11.4. The van der Waals surface area contributed by atoms with Crippen LogP contribution in [0.15, 0.2) is 48.7 Å². The van der Waals surface area contributed by atoms with Crippen molar-refractivity contribution in [3.8, 4) is 0 Å². The summed E-state index contributed by atoms with van der Waals surface area (Å²) < 4.78 is 37.3. The average Bonchev–Trinajstić information content (AvgIpc) is 2.47. The van der Waals surface area contributed by atoms with Crippen molar-refractivity contribution in [1.82, 2.24) is 4.98 Å². The lowest BCUT2D eigenvalue weighted by Gasteiger charge is -2.17. The first kappa shape index (κ1) is 15.3. The Morgan fingerprint density at radius 1 is 1.10 bits per heavy atom. The second kappa shape index (κ2) is 6.58. The van der Waals surface area contributed by atoms with Crippen LogP contribution in [0.25, 0.3) is 0 Å². The van der Waals surface area contributed by atoms with Crippen molar-refractivity contribution in [3.05, 3.63) is 59.8 Å². The first-order valence-electron chi connectivity index (χ1n) is 6.43. The highest BCUT2D eigenvalue weighted by Gasteiger charge is 2.30. The Balaban J connectivity index is 2.02. The predicted octanol–water partition coefficient (Wildman–Crippen LogP) is 3.12. The van der Waals surface area contributed by atoms with E-state index in [0.29, 0.717) is 12.2 Å². The monoisotopic (exact) mass is 296 g/mol. The number of hydrogen-bond donors (Lipinski definition) is 2. The molecule has 1 aromatic heterocycles. The van der Waals surface area contributed by atoms with Gasteiger partial charge >= 0.3 is 6.18 Å². The summed E-state index contributed by atoms with van der Waals surface area (Å²) in [6.07, 6.45) is -3.06. The van der Waals surface area contributed by atoms with Crippen molar-refractivity contribution in [2.75, 3.05) is 11.9 Å². The number of halogens is 3. The van der Waals surface area contributed by atoms with Gasteiger partial charge in [0.1, 0.15) is 5.82 Å². The topological polar surface area (TPSA) is 45.1 Å². The first-order chi connectivity index (χ1) is 9.99. The highest BCUT2D eigenvalue weighted by Crippen LogP contribution is 2.28. The molecule has 6 heteroatoms. The van der Waals surface area contributed by atoms with Crippen molar-refractivity contribution < 1.29 is 18.3 Å². The third kappa shape index (κ3) is 4.46. The van der Waals surface area contributed by atoms with Gasteiger partial charge in [-0.25, -0.2) is 4.98 Å². The van der Waals surface area contributed by atoms with Crippen LogP contribution >= 0.6 is 0 Å². The number of hydrogen-bond acceptors (Lipinski definition) is 3. The molecule has 0 aliphatic heterocycles. The van der Waals surface area contributed by atoms with Crippen LogP contribution in [0.2, 0.25) is 0 Å². The molecular weight excluding hydrogens is 281 g/mol. The number of nitrogens with zero attached hydrogens (tertiary/aromatic N) is 1. The van der Waals surface area contributed by atoms with Crippen molar-refractivity contribution in [2.45, 2.75) is 18.6 Å². The Labute approximate surface area is 120 Å². The van der Waals surface area contributed by atoms with Crippen molar-refractivity contribution in [3.63, 3.8) is 0 Å². The van der Waals surface area contributed by atoms with E-state index in [2.05, 4.69) is 10.3 Å². The third-order valence-corrected chi connectivity index (χ3v) is 2.99. The van der Waals surface area contributed by atoms with Gasteiger partial charge in [-0.3, -0.25) is 0 Å². The summed E-state index contributed by atoms with van der Waals surface area (Å²) in [5, 5.41) is 12.3. The van der Waals surface area contributed by atoms with E-state index in [1.54, 1.807) is 0 Å². The zero-order valence-corrected chi connectivity index (χ0v) is 11.1. The second-order valence-electron chi connectivity index (χ2n) is 4.64. The van der Waals surface area contributed by atoms with E-state index in [1.807, 2.05) is 30.3 Å². The van der Waals surface area contributed by atoms with Crippen LogP contribution in [0, 0.1) is 0 Å². The lowest BCUT2D eigenvalue weighted by molar-refractivity contribution is -0.137. The summed E-state index contributed by atoms with van der Waals surface area (Å²) >= 11 is 0. The van der Waals surface area contributed by atoms with Crippen LogP contribution in [0.1, 0.15) is 11.1 Å². The van der Waals surface area contributed by atoms with Crippen molar-refractivity contribution in [1.29, 1.82) is 0 Å². The molecular formula is C15H15F3N2O. The molecule has 0 radical (unpaired) electrons. The van der Waals surface area contributed by atoms with Gasteiger partial charge in [0.05, 0.1) is 18.2 Å². The molecule has 0 aliphatic rings. The minimum atomic E-state index is -4.40. The summed E-state index contributed by atoms with van der Waals surface area (Å²) in [4.78, 5) is 3.73. The average molecular weight is 296 g/mol. The van der Waals surface area contributed by atoms with Crippen LogP contribution in [0.3, 0.4) is 0 Å². The van der Waals surface area contributed by atoms with Crippen LogP contribution in [-0.4, -0.2) is 22.7 Å². The Kier molecular flexibility index (Phi) is 4.80. The van der Waals surface area contributed by atoms with Gasteiger partial charge in [0, 0.05) is 6.20 Å². The van der Waals surface area contributed by atoms with Gasteiger partial charge in [0.15, 0.2) is 0 Å². The van der Waals surface area contributed by atoms with Gasteiger partial charge in [-0.2, -0.15) is 13.2 Å². The molecule has 0 spiro atoms. The minimum absolute atomic E-state index is 0.141. The fourth-order valence-electron chi connectivity index (χ4n) is 1.92. The van der Waals surface area contributed by atoms with Crippen molar-refractivity contribution in [2.24, 2.45) is 0 Å². The largest absolute Gasteiger partial charge is 0.417 e. The molecule has 0 amide bonds. The quantitative estimate of drug-likeness (QED) is 0.891. The van der Waals surface area contributed by atoms with E-state index in [1.165, 1.54) is 6.07 Å². The number of anilines is 1. The Morgan fingerprint density at radius 3 is 2.33 bits per heavy atom. The number of aromatic nitrogens is 1. The molecule has 0 aliphatic carbocycles. The fourth-order valence-corrected chi connectivity index (χ4v) is 1.92. The highest BCUT2D eigenvalue weighted by atomic mass is 19.4. The fraction of sp³-hybridized carbons (Fsp3) is 0.267. The van der Waals surface area contributed by atoms with Gasteiger partial charge in [-0.05, 0) is 24.1 Å². The molecule has 0 saturated carbocycles. The Hall–Kier alpha value is -2.08. The number of benzene rings is 1. The molecule has 21 heavy (non-hydrogen) atoms. The number of rotatable bonds is 5. The molecule has 1 unspecified atom stereocenters. The van der Waals surface area contributed by atoms with Crippen LogP contribution < -0.4 is 5.32 Å². The first-order valence-corrected chi connectivity index (χ1v) is 6.43. The van der Waals surface area contributed by atoms with E-state index in [9.17, 15) is 18.3 Å². The highest BCUT2D eigenvalue weighted by molar-refractivity contribution is 5.38. The van der Waals surface area contributed by atoms with E-state index in [4.69, 9.17) is 0 Å². The number of alkyl halides is 3. The maximum atomic E-state index is 12.4. The minimum Gasteiger partial charge on any atom is -0.394 e. The SMILES string of the molecule is OCC(Cc1ccccc1)Nc1ccc(C(F)(F)F)cn1. The van der Waals surface area contributed by atoms with Crippen LogP contribution in [0.5, 0.6) is 0 Å². The molecule has 2 N–H and O–H groups in total. The van der Waals surface area contributed by atoms with Crippen LogP contribution in [-0.2, 0) is 12.6 Å². The number of aliphatic hydroxyl groups excluding tert-OH is 1. The summed E-state index contributed by atoms with van der Waals surface area (Å²) in [5.41, 5.74) is 0.229. The second-order valence-corrected chi connectivity index (χ2v) is 4.64. The Bertz CT molecular complexity index is 555. The molecule has 0 bridgehead atoms. The number of nitrogens with one attached hydrogen (secondary N) is 1. The molecule has 112 valence electrons. The normalized spacial score (nSPS) is 13.0. The van der Waals surface area contributed by atoms with E-state index < -0.39 is 11.7 Å². The number of pyridine rings is 1. The Morgan fingerprint density at radius 2 is 1.81 bits per heavy atom. The smallest absolute Gasteiger partial charge is 0.394 e.